The second-order valence-corrected chi connectivity index (χ2v) is 5.34. The number of aromatic carboxylic acids is 1. The molecule has 0 aliphatic heterocycles. The smallest absolute Gasteiger partial charge is 0.336 e. The number of nitrogens with zero attached hydrogens (tertiary/aromatic N) is 3. The fourth-order valence-corrected chi connectivity index (χ4v) is 2.62. The second-order valence-electron chi connectivity index (χ2n) is 5.34. The lowest BCUT2D eigenvalue weighted by molar-refractivity contribution is 0.0697. The molecular weight excluding hydrogens is 318 g/mol. The Kier molecular flexibility index (Phi) is 3.63. The number of hydrogen-bond acceptors (Lipinski definition) is 4. The third-order valence-electron chi connectivity index (χ3n) is 3.78. The van der Waals surface area contributed by atoms with Crippen molar-refractivity contribution in [2.75, 3.05) is 0 Å². The van der Waals surface area contributed by atoms with E-state index in [0.717, 1.165) is 5.65 Å². The van der Waals surface area contributed by atoms with Crippen molar-refractivity contribution in [2.45, 2.75) is 0 Å². The molecule has 0 atom stereocenters. The summed E-state index contributed by atoms with van der Waals surface area (Å²) >= 11 is 0. The molecule has 0 unspecified atom stereocenters. The van der Waals surface area contributed by atoms with E-state index in [4.69, 9.17) is 4.42 Å². The van der Waals surface area contributed by atoms with Gasteiger partial charge in [-0.05, 0) is 30.3 Å². The van der Waals surface area contributed by atoms with Gasteiger partial charge in [0.05, 0.1) is 11.8 Å². The predicted molar refractivity (Wildman–Crippen MR) is 93.5 cm³/mol. The number of carbonyl (C=O) groups is 1. The highest BCUT2D eigenvalue weighted by Crippen LogP contribution is 2.31. The number of furan rings is 1. The van der Waals surface area contributed by atoms with Crippen molar-refractivity contribution in [1.82, 2.24) is 9.38 Å². The summed E-state index contributed by atoms with van der Waals surface area (Å²) in [5.41, 5.74) is 2.04. The van der Waals surface area contributed by atoms with E-state index in [1.54, 1.807) is 36.6 Å². The minimum atomic E-state index is -0.994. The van der Waals surface area contributed by atoms with Gasteiger partial charge in [0.1, 0.15) is 5.65 Å². The number of aromatic nitrogens is 2. The Balaban J connectivity index is 1.87. The van der Waals surface area contributed by atoms with E-state index in [-0.39, 0.29) is 5.56 Å². The molecule has 0 bridgehead atoms. The molecule has 0 aliphatic rings. The van der Waals surface area contributed by atoms with Crippen LogP contribution in [0, 0.1) is 0 Å². The lowest BCUT2D eigenvalue weighted by Gasteiger charge is -2.01. The number of imidazole rings is 1. The molecule has 0 fully saturated rings. The van der Waals surface area contributed by atoms with Gasteiger partial charge in [0.25, 0.3) is 0 Å². The van der Waals surface area contributed by atoms with Crippen LogP contribution in [-0.2, 0) is 0 Å². The summed E-state index contributed by atoms with van der Waals surface area (Å²) in [5, 5.41) is 9.31. The molecule has 0 aliphatic carbocycles. The Bertz CT molecular complexity index is 1080. The fraction of sp³-hybridized carbons (Fsp3) is 0. The zero-order valence-corrected chi connectivity index (χ0v) is 13.0. The summed E-state index contributed by atoms with van der Waals surface area (Å²) in [6.45, 7) is 0. The first kappa shape index (κ1) is 14.9. The Hall–Kier alpha value is -3.67. The van der Waals surface area contributed by atoms with E-state index in [1.807, 2.05) is 34.9 Å². The van der Waals surface area contributed by atoms with E-state index < -0.39 is 5.97 Å². The van der Waals surface area contributed by atoms with Crippen LogP contribution in [0.25, 0.3) is 17.1 Å². The largest absolute Gasteiger partial charge is 0.478 e. The number of benzene rings is 1. The van der Waals surface area contributed by atoms with Gasteiger partial charge in [-0.1, -0.05) is 24.3 Å². The van der Waals surface area contributed by atoms with Crippen molar-refractivity contribution in [2.24, 2.45) is 4.99 Å². The minimum Gasteiger partial charge on any atom is -0.478 e. The molecule has 0 amide bonds. The maximum atomic E-state index is 11.4. The Labute approximate surface area is 142 Å². The molecule has 1 N–H and O–H groups in total. The molecule has 0 saturated carbocycles. The number of carboxylic acids is 1. The first-order chi connectivity index (χ1) is 12.2. The SMILES string of the molecule is O=C(O)c1ccccc1C=Nc1c(-c2ccco2)nc2ccccn12. The standard InChI is InChI=1S/C19H13N3O3/c23-19(24)14-7-2-1-6-13(14)12-20-18-17(15-8-5-11-25-15)21-16-9-3-4-10-22(16)18/h1-12H,(H,23,24). The summed E-state index contributed by atoms with van der Waals surface area (Å²) < 4.78 is 7.29. The van der Waals surface area contributed by atoms with Gasteiger partial charge < -0.3 is 9.52 Å². The van der Waals surface area contributed by atoms with Crippen LogP contribution < -0.4 is 0 Å². The number of aliphatic imine (C=N–C) groups is 1. The summed E-state index contributed by atoms with van der Waals surface area (Å²) in [6, 6.07) is 16.0. The molecule has 6 heteroatoms. The van der Waals surface area contributed by atoms with Gasteiger partial charge in [-0.15, -0.1) is 0 Å². The van der Waals surface area contributed by atoms with Gasteiger partial charge >= 0.3 is 5.97 Å². The van der Waals surface area contributed by atoms with Crippen LogP contribution in [0.4, 0.5) is 5.82 Å². The van der Waals surface area contributed by atoms with E-state index in [1.165, 1.54) is 6.21 Å². The molecule has 3 aromatic heterocycles. The summed E-state index contributed by atoms with van der Waals surface area (Å²) in [4.78, 5) is 20.4. The van der Waals surface area contributed by atoms with Gasteiger partial charge in [0, 0.05) is 18.0 Å². The van der Waals surface area contributed by atoms with Crippen molar-refractivity contribution < 1.29 is 14.3 Å². The van der Waals surface area contributed by atoms with Crippen molar-refractivity contribution >= 4 is 23.6 Å². The Morgan fingerprint density at radius 2 is 1.96 bits per heavy atom. The van der Waals surface area contributed by atoms with Crippen LogP contribution in [0.15, 0.2) is 76.5 Å². The number of hydrogen-bond donors (Lipinski definition) is 1. The quantitative estimate of drug-likeness (QED) is 0.572. The van der Waals surface area contributed by atoms with Gasteiger partial charge in [0.2, 0.25) is 0 Å². The first-order valence-corrected chi connectivity index (χ1v) is 7.61. The maximum absolute atomic E-state index is 11.4. The van der Waals surface area contributed by atoms with Crippen LogP contribution in [0.3, 0.4) is 0 Å². The third kappa shape index (κ3) is 2.70. The zero-order chi connectivity index (χ0) is 17.2. The van der Waals surface area contributed by atoms with Crippen molar-refractivity contribution in [1.29, 1.82) is 0 Å². The van der Waals surface area contributed by atoms with Gasteiger partial charge in [-0.3, -0.25) is 4.40 Å². The number of pyridine rings is 1. The molecule has 3 heterocycles. The molecule has 0 spiro atoms. The number of fused-ring (bicyclic) bond motifs is 1. The highest BCUT2D eigenvalue weighted by Gasteiger charge is 2.15. The van der Waals surface area contributed by atoms with Crippen LogP contribution in [-0.4, -0.2) is 26.7 Å². The second kappa shape index (κ2) is 6.09. The monoisotopic (exact) mass is 331 g/mol. The van der Waals surface area contributed by atoms with E-state index in [0.29, 0.717) is 22.8 Å². The molecule has 1 aromatic carbocycles. The average Bonchev–Trinajstić information content (AvgIpc) is 3.27. The van der Waals surface area contributed by atoms with Crippen molar-refractivity contribution in [3.63, 3.8) is 0 Å². The molecular formula is C19H13N3O3. The molecule has 6 nitrogen and oxygen atoms in total. The molecule has 25 heavy (non-hydrogen) atoms. The van der Waals surface area contributed by atoms with Gasteiger partial charge in [-0.25, -0.2) is 14.8 Å². The normalized spacial score (nSPS) is 11.4. The highest BCUT2D eigenvalue weighted by molar-refractivity contribution is 5.99. The summed E-state index contributed by atoms with van der Waals surface area (Å²) in [7, 11) is 0. The van der Waals surface area contributed by atoms with Crippen LogP contribution in [0.5, 0.6) is 0 Å². The number of carboxylic acid groups (broad SMARTS) is 1. The lowest BCUT2D eigenvalue weighted by Crippen LogP contribution is -2.01. The highest BCUT2D eigenvalue weighted by atomic mass is 16.4. The zero-order valence-electron chi connectivity index (χ0n) is 13.0. The van der Waals surface area contributed by atoms with E-state index in [2.05, 4.69) is 9.98 Å². The summed E-state index contributed by atoms with van der Waals surface area (Å²) in [5.74, 6) is 0.180. The molecule has 4 aromatic rings. The van der Waals surface area contributed by atoms with Gasteiger partial charge in [-0.2, -0.15) is 0 Å². The van der Waals surface area contributed by atoms with E-state index in [9.17, 15) is 9.90 Å². The van der Waals surface area contributed by atoms with Crippen molar-refractivity contribution in [3.05, 3.63) is 78.2 Å². The summed E-state index contributed by atoms with van der Waals surface area (Å²) in [6.07, 6.45) is 4.96. The first-order valence-electron chi connectivity index (χ1n) is 7.61. The minimum absolute atomic E-state index is 0.194. The predicted octanol–water partition coefficient (Wildman–Crippen LogP) is 4.04. The van der Waals surface area contributed by atoms with Crippen LogP contribution in [0.2, 0.25) is 0 Å². The third-order valence-corrected chi connectivity index (χ3v) is 3.78. The Morgan fingerprint density at radius 1 is 1.12 bits per heavy atom. The maximum Gasteiger partial charge on any atom is 0.336 e. The molecule has 122 valence electrons. The topological polar surface area (TPSA) is 80.1 Å². The molecule has 4 rings (SSSR count). The van der Waals surface area contributed by atoms with Crippen LogP contribution >= 0.6 is 0 Å². The lowest BCUT2D eigenvalue weighted by atomic mass is 10.1. The fourth-order valence-electron chi connectivity index (χ4n) is 2.62. The van der Waals surface area contributed by atoms with E-state index >= 15 is 0 Å². The molecule has 0 saturated heterocycles. The number of rotatable bonds is 4. The molecule has 0 radical (unpaired) electrons. The van der Waals surface area contributed by atoms with Gasteiger partial charge in [0.15, 0.2) is 17.3 Å². The van der Waals surface area contributed by atoms with Crippen molar-refractivity contribution in [3.8, 4) is 11.5 Å². The average molecular weight is 331 g/mol. The Morgan fingerprint density at radius 3 is 2.76 bits per heavy atom. The van der Waals surface area contributed by atoms with Crippen LogP contribution in [0.1, 0.15) is 15.9 Å².